The molecule has 0 saturated heterocycles. The number of aryl methyl sites for hydroxylation is 1. The van der Waals surface area contributed by atoms with Gasteiger partial charge in [0.25, 0.3) is 0 Å². The quantitative estimate of drug-likeness (QED) is 0.789. The molecule has 2 amide bonds. The lowest BCUT2D eigenvalue weighted by molar-refractivity contribution is 0.239. The fraction of sp³-hybridized carbons (Fsp3) is 0.235. The molecule has 0 aliphatic heterocycles. The summed E-state index contributed by atoms with van der Waals surface area (Å²) in [6, 6.07) is 16.7. The smallest absolute Gasteiger partial charge is 0.319 e. The van der Waals surface area contributed by atoms with Gasteiger partial charge in [-0.1, -0.05) is 48.0 Å². The highest BCUT2D eigenvalue weighted by molar-refractivity contribution is 5.89. The third kappa shape index (κ3) is 4.61. The number of aliphatic hydroxyl groups excluding tert-OH is 1. The summed E-state index contributed by atoms with van der Waals surface area (Å²) in [6.07, 6.45) is 0.478. The summed E-state index contributed by atoms with van der Waals surface area (Å²) in [4.78, 5) is 12.1. The van der Waals surface area contributed by atoms with Gasteiger partial charge in [0.1, 0.15) is 0 Å². The summed E-state index contributed by atoms with van der Waals surface area (Å²) >= 11 is 0. The van der Waals surface area contributed by atoms with Crippen LogP contribution in [0.3, 0.4) is 0 Å². The van der Waals surface area contributed by atoms with Crippen molar-refractivity contribution >= 4 is 11.7 Å². The lowest BCUT2D eigenvalue weighted by Crippen LogP contribution is -2.33. The van der Waals surface area contributed by atoms with Crippen LogP contribution in [0.4, 0.5) is 10.5 Å². The van der Waals surface area contributed by atoms with Crippen LogP contribution in [0.25, 0.3) is 0 Å². The van der Waals surface area contributed by atoms with Crippen molar-refractivity contribution in [1.82, 2.24) is 5.32 Å². The summed E-state index contributed by atoms with van der Waals surface area (Å²) < 4.78 is 0. The van der Waals surface area contributed by atoms with Gasteiger partial charge in [-0.3, -0.25) is 0 Å². The number of hydrogen-bond donors (Lipinski definition) is 3. The average Bonchev–Trinajstić information content (AvgIpc) is 2.50. The zero-order valence-corrected chi connectivity index (χ0v) is 12.0. The minimum absolute atomic E-state index is 0.0182. The highest BCUT2D eigenvalue weighted by Crippen LogP contribution is 2.16. The van der Waals surface area contributed by atoms with E-state index < -0.39 is 0 Å². The standard InChI is InChI=1S/C17H20N2O2/c1-13-7-9-15(10-8-13)18-17(21)19-16(11-12-20)14-5-3-2-4-6-14/h2-10,16,20H,11-12H2,1H3,(H2,18,19,21)/t16-/m1/s1. The summed E-state index contributed by atoms with van der Waals surface area (Å²) in [5.74, 6) is 0. The van der Waals surface area contributed by atoms with E-state index in [1.807, 2.05) is 61.5 Å². The van der Waals surface area contributed by atoms with Gasteiger partial charge in [-0.05, 0) is 31.0 Å². The number of carbonyl (C=O) groups is 1. The van der Waals surface area contributed by atoms with E-state index in [0.717, 1.165) is 16.8 Å². The molecular weight excluding hydrogens is 264 g/mol. The van der Waals surface area contributed by atoms with Gasteiger partial charge in [0.05, 0.1) is 6.04 Å². The van der Waals surface area contributed by atoms with Gasteiger partial charge in [0, 0.05) is 12.3 Å². The molecule has 4 heteroatoms. The fourth-order valence-corrected chi connectivity index (χ4v) is 2.10. The maximum Gasteiger partial charge on any atom is 0.319 e. The molecule has 0 heterocycles. The van der Waals surface area contributed by atoms with Crippen LogP contribution in [0.1, 0.15) is 23.6 Å². The van der Waals surface area contributed by atoms with Crippen LogP contribution in [0.2, 0.25) is 0 Å². The van der Waals surface area contributed by atoms with E-state index in [9.17, 15) is 4.79 Å². The molecule has 2 rings (SSSR count). The van der Waals surface area contributed by atoms with E-state index in [1.54, 1.807) is 0 Å². The van der Waals surface area contributed by atoms with Crippen LogP contribution >= 0.6 is 0 Å². The van der Waals surface area contributed by atoms with Crippen molar-refractivity contribution in [1.29, 1.82) is 0 Å². The van der Waals surface area contributed by atoms with Crippen molar-refractivity contribution in [2.75, 3.05) is 11.9 Å². The Bertz CT molecular complexity index is 567. The minimum Gasteiger partial charge on any atom is -0.396 e. The number of anilines is 1. The van der Waals surface area contributed by atoms with Gasteiger partial charge in [0.2, 0.25) is 0 Å². The van der Waals surface area contributed by atoms with Crippen molar-refractivity contribution in [3.63, 3.8) is 0 Å². The van der Waals surface area contributed by atoms with Gasteiger partial charge in [0.15, 0.2) is 0 Å². The van der Waals surface area contributed by atoms with E-state index in [0.29, 0.717) is 6.42 Å². The maximum atomic E-state index is 12.1. The minimum atomic E-state index is -0.277. The van der Waals surface area contributed by atoms with E-state index in [2.05, 4.69) is 10.6 Å². The van der Waals surface area contributed by atoms with Crippen LogP contribution in [0, 0.1) is 6.92 Å². The normalized spacial score (nSPS) is 11.7. The van der Waals surface area contributed by atoms with Crippen LogP contribution in [-0.4, -0.2) is 17.7 Å². The number of aliphatic hydroxyl groups is 1. The Morgan fingerprint density at radius 3 is 2.38 bits per heavy atom. The molecule has 2 aromatic rings. The predicted molar refractivity (Wildman–Crippen MR) is 84.2 cm³/mol. The molecular formula is C17H20N2O2. The molecule has 0 saturated carbocycles. The van der Waals surface area contributed by atoms with Gasteiger partial charge in [-0.15, -0.1) is 0 Å². The number of amides is 2. The van der Waals surface area contributed by atoms with Crippen LogP contribution in [0.5, 0.6) is 0 Å². The number of carbonyl (C=O) groups excluding carboxylic acids is 1. The Balaban J connectivity index is 2.00. The van der Waals surface area contributed by atoms with E-state index in [1.165, 1.54) is 0 Å². The largest absolute Gasteiger partial charge is 0.396 e. The highest BCUT2D eigenvalue weighted by atomic mass is 16.3. The molecule has 2 aromatic carbocycles. The summed E-state index contributed by atoms with van der Waals surface area (Å²) in [5.41, 5.74) is 2.86. The van der Waals surface area contributed by atoms with Crippen LogP contribution in [0.15, 0.2) is 54.6 Å². The van der Waals surface area contributed by atoms with Crippen molar-refractivity contribution in [3.8, 4) is 0 Å². The van der Waals surface area contributed by atoms with Gasteiger partial charge in [-0.25, -0.2) is 4.79 Å². The second-order valence-electron chi connectivity index (χ2n) is 4.94. The first-order chi connectivity index (χ1) is 10.2. The zero-order chi connectivity index (χ0) is 15.1. The van der Waals surface area contributed by atoms with Crippen molar-refractivity contribution < 1.29 is 9.90 Å². The molecule has 0 aliphatic carbocycles. The fourth-order valence-electron chi connectivity index (χ4n) is 2.10. The third-order valence-corrected chi connectivity index (χ3v) is 3.23. The molecule has 0 fully saturated rings. The van der Waals surface area contributed by atoms with E-state index in [-0.39, 0.29) is 18.7 Å². The molecule has 21 heavy (non-hydrogen) atoms. The number of rotatable bonds is 5. The molecule has 0 unspecified atom stereocenters. The Morgan fingerprint density at radius 1 is 1.10 bits per heavy atom. The molecule has 1 atom stereocenters. The van der Waals surface area contributed by atoms with Crippen molar-refractivity contribution in [2.45, 2.75) is 19.4 Å². The first-order valence-corrected chi connectivity index (χ1v) is 6.99. The second-order valence-corrected chi connectivity index (χ2v) is 4.94. The van der Waals surface area contributed by atoms with Crippen molar-refractivity contribution in [2.24, 2.45) is 0 Å². The average molecular weight is 284 g/mol. The zero-order valence-electron chi connectivity index (χ0n) is 12.0. The summed E-state index contributed by atoms with van der Waals surface area (Å²) in [5, 5.41) is 14.8. The molecule has 3 N–H and O–H groups in total. The molecule has 0 bridgehead atoms. The predicted octanol–water partition coefficient (Wildman–Crippen LogP) is 3.24. The van der Waals surface area contributed by atoms with Gasteiger partial charge >= 0.3 is 6.03 Å². The number of benzene rings is 2. The number of nitrogens with one attached hydrogen (secondary N) is 2. The van der Waals surface area contributed by atoms with Crippen molar-refractivity contribution in [3.05, 3.63) is 65.7 Å². The van der Waals surface area contributed by atoms with Gasteiger partial charge in [-0.2, -0.15) is 0 Å². The Kier molecular flexibility index (Phi) is 5.35. The number of urea groups is 1. The molecule has 0 aliphatic rings. The molecule has 4 nitrogen and oxygen atoms in total. The monoisotopic (exact) mass is 284 g/mol. The molecule has 0 radical (unpaired) electrons. The SMILES string of the molecule is Cc1ccc(NC(=O)N[C@H](CCO)c2ccccc2)cc1. The first kappa shape index (κ1) is 15.1. The Morgan fingerprint density at radius 2 is 1.76 bits per heavy atom. The first-order valence-electron chi connectivity index (χ1n) is 6.99. The maximum absolute atomic E-state index is 12.1. The van der Waals surface area contributed by atoms with Crippen LogP contribution in [-0.2, 0) is 0 Å². The lowest BCUT2D eigenvalue weighted by Gasteiger charge is -2.18. The second kappa shape index (κ2) is 7.45. The molecule has 0 aromatic heterocycles. The molecule has 0 spiro atoms. The van der Waals surface area contributed by atoms with Crippen LogP contribution < -0.4 is 10.6 Å². The highest BCUT2D eigenvalue weighted by Gasteiger charge is 2.13. The van der Waals surface area contributed by atoms with E-state index in [4.69, 9.17) is 5.11 Å². The van der Waals surface area contributed by atoms with E-state index >= 15 is 0 Å². The third-order valence-electron chi connectivity index (χ3n) is 3.23. The topological polar surface area (TPSA) is 61.4 Å². The Hall–Kier alpha value is -2.33. The Labute approximate surface area is 124 Å². The summed E-state index contributed by atoms with van der Waals surface area (Å²) in [7, 11) is 0. The lowest BCUT2D eigenvalue weighted by atomic mass is 10.0. The molecule has 110 valence electrons. The van der Waals surface area contributed by atoms with Gasteiger partial charge < -0.3 is 15.7 Å². The number of hydrogen-bond acceptors (Lipinski definition) is 2. The summed E-state index contributed by atoms with van der Waals surface area (Å²) in [6.45, 7) is 2.01.